The quantitative estimate of drug-likeness (QED) is 0.753. The van der Waals surface area contributed by atoms with Crippen molar-refractivity contribution in [2.24, 2.45) is 5.92 Å². The fourth-order valence-electron chi connectivity index (χ4n) is 2.83. The summed E-state index contributed by atoms with van der Waals surface area (Å²) in [5, 5.41) is 15.3. The van der Waals surface area contributed by atoms with Gasteiger partial charge in [0, 0.05) is 6.54 Å². The van der Waals surface area contributed by atoms with Crippen LogP contribution in [0, 0.1) is 19.8 Å². The highest BCUT2D eigenvalue weighted by molar-refractivity contribution is 5.74. The van der Waals surface area contributed by atoms with Crippen LogP contribution >= 0.6 is 0 Å². The number of hydrogen-bond donors (Lipinski definition) is 3. The molecule has 0 radical (unpaired) electrons. The van der Waals surface area contributed by atoms with Gasteiger partial charge in [0.25, 0.3) is 0 Å². The number of aliphatic hydroxyl groups excluding tert-OH is 1. The van der Waals surface area contributed by atoms with Gasteiger partial charge < -0.3 is 15.7 Å². The summed E-state index contributed by atoms with van der Waals surface area (Å²) in [6, 6.07) is 6.25. The Morgan fingerprint density at radius 2 is 1.90 bits per heavy atom. The Balaban J connectivity index is 1.78. The Labute approximate surface area is 126 Å². The number of amides is 2. The Morgan fingerprint density at radius 1 is 1.29 bits per heavy atom. The number of nitrogens with one attached hydrogen (secondary N) is 2. The van der Waals surface area contributed by atoms with Gasteiger partial charge >= 0.3 is 6.03 Å². The van der Waals surface area contributed by atoms with E-state index in [-0.39, 0.29) is 12.6 Å². The van der Waals surface area contributed by atoms with Gasteiger partial charge in [-0.2, -0.15) is 0 Å². The zero-order valence-electron chi connectivity index (χ0n) is 13.2. The molecule has 0 bridgehead atoms. The van der Waals surface area contributed by atoms with E-state index >= 15 is 0 Å². The molecule has 1 aliphatic carbocycles. The molecule has 1 aliphatic rings. The zero-order valence-corrected chi connectivity index (χ0v) is 13.2. The molecule has 1 aromatic carbocycles. The molecule has 0 aromatic heterocycles. The Hall–Kier alpha value is -1.55. The van der Waals surface area contributed by atoms with Gasteiger partial charge in [-0.3, -0.25) is 0 Å². The maximum absolute atomic E-state index is 11.9. The predicted molar refractivity (Wildman–Crippen MR) is 84.4 cm³/mol. The van der Waals surface area contributed by atoms with Crippen LogP contribution in [0.25, 0.3) is 0 Å². The average Bonchev–Trinajstić information content (AvgIpc) is 3.22. The molecule has 4 nitrogen and oxygen atoms in total. The zero-order chi connectivity index (χ0) is 15.5. The van der Waals surface area contributed by atoms with Gasteiger partial charge in [0.1, 0.15) is 0 Å². The van der Waals surface area contributed by atoms with E-state index in [1.54, 1.807) is 0 Å². The van der Waals surface area contributed by atoms with Crippen LogP contribution in [0.5, 0.6) is 0 Å². The van der Waals surface area contributed by atoms with Crippen molar-refractivity contribution >= 4 is 6.03 Å². The molecule has 1 atom stereocenters. The first-order valence-electron chi connectivity index (χ1n) is 7.67. The van der Waals surface area contributed by atoms with Gasteiger partial charge in [0.05, 0.1) is 12.1 Å². The fraction of sp³-hybridized carbons (Fsp3) is 0.588. The van der Waals surface area contributed by atoms with E-state index in [2.05, 4.69) is 42.7 Å². The molecule has 1 fully saturated rings. The van der Waals surface area contributed by atoms with Crippen molar-refractivity contribution in [1.82, 2.24) is 10.6 Å². The normalized spacial score (nSPS) is 17.1. The van der Waals surface area contributed by atoms with Crippen molar-refractivity contribution < 1.29 is 9.90 Å². The Morgan fingerprint density at radius 3 is 2.43 bits per heavy atom. The SMILES string of the molecule is Cc1cc(C)cc(CCNC(=O)NC(C)(CO)C2CC2)c1. The summed E-state index contributed by atoms with van der Waals surface area (Å²) in [4.78, 5) is 11.9. The third kappa shape index (κ3) is 4.46. The summed E-state index contributed by atoms with van der Waals surface area (Å²) < 4.78 is 0. The molecule has 4 heteroatoms. The molecule has 2 rings (SSSR count). The lowest BCUT2D eigenvalue weighted by atomic mass is 9.97. The number of aliphatic hydroxyl groups is 1. The van der Waals surface area contributed by atoms with Crippen molar-refractivity contribution in [3.05, 3.63) is 34.9 Å². The molecule has 1 aromatic rings. The second-order valence-corrected chi connectivity index (χ2v) is 6.48. The number of benzene rings is 1. The minimum Gasteiger partial charge on any atom is -0.394 e. The van der Waals surface area contributed by atoms with Gasteiger partial charge in [-0.25, -0.2) is 4.79 Å². The van der Waals surface area contributed by atoms with E-state index in [0.29, 0.717) is 12.5 Å². The molecular weight excluding hydrogens is 264 g/mol. The van der Waals surface area contributed by atoms with Gasteiger partial charge in [-0.05, 0) is 51.5 Å². The van der Waals surface area contributed by atoms with E-state index < -0.39 is 5.54 Å². The van der Waals surface area contributed by atoms with E-state index in [1.807, 2.05) is 6.92 Å². The predicted octanol–water partition coefficient (Wildman–Crippen LogP) is 2.31. The van der Waals surface area contributed by atoms with Crippen molar-refractivity contribution in [1.29, 1.82) is 0 Å². The average molecular weight is 290 g/mol. The fourth-order valence-corrected chi connectivity index (χ4v) is 2.83. The smallest absolute Gasteiger partial charge is 0.315 e. The molecule has 0 heterocycles. The molecule has 1 saturated carbocycles. The van der Waals surface area contributed by atoms with E-state index in [1.165, 1.54) is 16.7 Å². The molecule has 21 heavy (non-hydrogen) atoms. The summed E-state index contributed by atoms with van der Waals surface area (Å²) in [5.74, 6) is 0.410. The second-order valence-electron chi connectivity index (χ2n) is 6.48. The second kappa shape index (κ2) is 6.48. The number of carbonyl (C=O) groups is 1. The van der Waals surface area contributed by atoms with Crippen molar-refractivity contribution in [2.75, 3.05) is 13.2 Å². The minimum atomic E-state index is -0.482. The summed E-state index contributed by atoms with van der Waals surface area (Å²) in [6.07, 6.45) is 2.98. The molecule has 0 saturated heterocycles. The van der Waals surface area contributed by atoms with Crippen LogP contribution in [0.4, 0.5) is 4.79 Å². The highest BCUT2D eigenvalue weighted by atomic mass is 16.3. The van der Waals surface area contributed by atoms with E-state index in [4.69, 9.17) is 0 Å². The van der Waals surface area contributed by atoms with E-state index in [9.17, 15) is 9.90 Å². The number of carbonyl (C=O) groups excluding carboxylic acids is 1. The largest absolute Gasteiger partial charge is 0.394 e. The number of rotatable bonds is 6. The van der Waals surface area contributed by atoms with Crippen LogP contribution < -0.4 is 10.6 Å². The van der Waals surface area contributed by atoms with Crippen molar-refractivity contribution in [3.63, 3.8) is 0 Å². The molecule has 3 N–H and O–H groups in total. The number of urea groups is 1. The van der Waals surface area contributed by atoms with Crippen LogP contribution in [0.3, 0.4) is 0 Å². The molecule has 116 valence electrons. The van der Waals surface area contributed by atoms with Gasteiger partial charge in [-0.1, -0.05) is 29.3 Å². The molecular formula is C17H26N2O2. The van der Waals surface area contributed by atoms with Crippen LogP contribution in [0.15, 0.2) is 18.2 Å². The molecule has 1 unspecified atom stereocenters. The third-order valence-electron chi connectivity index (χ3n) is 4.19. The first-order chi connectivity index (χ1) is 9.93. The lowest BCUT2D eigenvalue weighted by Crippen LogP contribution is -2.54. The maximum Gasteiger partial charge on any atom is 0.315 e. The van der Waals surface area contributed by atoms with Crippen LogP contribution in [0.2, 0.25) is 0 Å². The van der Waals surface area contributed by atoms with Crippen LogP contribution in [-0.4, -0.2) is 29.8 Å². The topological polar surface area (TPSA) is 61.4 Å². The van der Waals surface area contributed by atoms with Crippen molar-refractivity contribution in [3.8, 4) is 0 Å². The maximum atomic E-state index is 11.9. The van der Waals surface area contributed by atoms with Crippen LogP contribution in [-0.2, 0) is 6.42 Å². The molecule has 0 aliphatic heterocycles. The summed E-state index contributed by atoms with van der Waals surface area (Å²) >= 11 is 0. The standard InChI is InChI=1S/C17H26N2O2/c1-12-8-13(2)10-14(9-12)6-7-18-16(21)19-17(3,11-20)15-4-5-15/h8-10,15,20H,4-7,11H2,1-3H3,(H2,18,19,21). The lowest BCUT2D eigenvalue weighted by Gasteiger charge is -2.28. The summed E-state index contributed by atoms with van der Waals surface area (Å²) in [7, 11) is 0. The summed E-state index contributed by atoms with van der Waals surface area (Å²) in [5.41, 5.74) is 3.25. The first-order valence-corrected chi connectivity index (χ1v) is 7.67. The molecule has 2 amide bonds. The lowest BCUT2D eigenvalue weighted by molar-refractivity contribution is 0.155. The minimum absolute atomic E-state index is 0.0117. The Bertz CT molecular complexity index is 491. The number of hydrogen-bond acceptors (Lipinski definition) is 2. The monoisotopic (exact) mass is 290 g/mol. The van der Waals surface area contributed by atoms with Crippen LogP contribution in [0.1, 0.15) is 36.5 Å². The number of aryl methyl sites for hydroxylation is 2. The Kier molecular flexibility index (Phi) is 4.88. The van der Waals surface area contributed by atoms with Gasteiger partial charge in [-0.15, -0.1) is 0 Å². The van der Waals surface area contributed by atoms with Crippen molar-refractivity contribution in [2.45, 2.75) is 45.6 Å². The summed E-state index contributed by atoms with van der Waals surface area (Å²) in [6.45, 7) is 6.66. The highest BCUT2D eigenvalue weighted by Gasteiger charge is 2.42. The third-order valence-corrected chi connectivity index (χ3v) is 4.19. The van der Waals surface area contributed by atoms with E-state index in [0.717, 1.165) is 19.3 Å². The molecule has 0 spiro atoms. The van der Waals surface area contributed by atoms with Gasteiger partial charge in [0.2, 0.25) is 0 Å². The highest BCUT2D eigenvalue weighted by Crippen LogP contribution is 2.39. The van der Waals surface area contributed by atoms with Gasteiger partial charge in [0.15, 0.2) is 0 Å². The first kappa shape index (κ1) is 15.8.